The second kappa shape index (κ2) is 9.95. The van der Waals surface area contributed by atoms with E-state index in [0.717, 1.165) is 29.6 Å². The largest absolute Gasteiger partial charge is 0.390 e. The number of nitrogens with zero attached hydrogens (tertiary/aromatic N) is 1. The number of hydrogen-bond acceptors (Lipinski definition) is 6. The zero-order chi connectivity index (χ0) is 20.7. The quantitative estimate of drug-likeness (QED) is 0.324. The Kier molecular flexibility index (Phi) is 7.64. The monoisotopic (exact) mass is 398 g/mol. The second-order valence-corrected chi connectivity index (χ2v) is 6.30. The zero-order valence-corrected chi connectivity index (χ0v) is 15.3. The molecule has 0 unspecified atom stereocenters. The maximum absolute atomic E-state index is 13.4. The summed E-state index contributed by atoms with van der Waals surface area (Å²) in [5.74, 6) is -2.10. The molecule has 0 bridgehead atoms. The van der Waals surface area contributed by atoms with Crippen LogP contribution in [0.1, 0.15) is 32.4 Å². The summed E-state index contributed by atoms with van der Waals surface area (Å²) in [6.45, 7) is 2.43. The van der Waals surface area contributed by atoms with Crippen LogP contribution in [0.3, 0.4) is 0 Å². The zero-order valence-electron chi connectivity index (χ0n) is 15.3. The van der Waals surface area contributed by atoms with Gasteiger partial charge in [-0.3, -0.25) is 23.9 Å². The lowest BCUT2D eigenvalue weighted by Gasteiger charge is -2.16. The number of halogens is 1. The fourth-order valence-corrected chi connectivity index (χ4v) is 2.60. The van der Waals surface area contributed by atoms with Gasteiger partial charge in [0, 0.05) is 31.7 Å². The average Bonchev–Trinajstić information content (AvgIpc) is 3.02. The van der Waals surface area contributed by atoms with Crippen molar-refractivity contribution in [3.8, 4) is 0 Å². The van der Waals surface area contributed by atoms with E-state index in [9.17, 15) is 28.7 Å². The number of aromatic amines is 1. The first kappa shape index (κ1) is 21.5. The standard InChI is InChI=1S/C17H23FN4O6/c1-2-3-6-19-13(24)4-5-14(25)20-8-12-11(23)7-15(28-12)22-9-10(18)16(26)21-17(22)27/h4-5,9,11-12,15,23H,2-3,6-8H2,1H3,(H,19,24)(H,20,25)(H,21,26,27)/b5-4+/t11-,12+,15+/m0/s1. The Hall–Kier alpha value is -2.79. The van der Waals surface area contributed by atoms with E-state index in [2.05, 4.69) is 10.6 Å². The number of hydrogen-bond donors (Lipinski definition) is 4. The summed E-state index contributed by atoms with van der Waals surface area (Å²) in [6, 6.07) is 0. The van der Waals surface area contributed by atoms with Crippen LogP contribution in [0.4, 0.5) is 4.39 Å². The van der Waals surface area contributed by atoms with Gasteiger partial charge >= 0.3 is 5.69 Å². The van der Waals surface area contributed by atoms with Crippen molar-refractivity contribution in [2.75, 3.05) is 13.1 Å². The minimum atomic E-state index is -1.16. The maximum Gasteiger partial charge on any atom is 0.330 e. The molecule has 2 amide bonds. The van der Waals surface area contributed by atoms with Crippen LogP contribution in [0, 0.1) is 5.82 Å². The summed E-state index contributed by atoms with van der Waals surface area (Å²) in [7, 11) is 0. The van der Waals surface area contributed by atoms with Gasteiger partial charge in [-0.2, -0.15) is 4.39 Å². The molecule has 2 heterocycles. The van der Waals surface area contributed by atoms with Gasteiger partial charge in [-0.1, -0.05) is 13.3 Å². The lowest BCUT2D eigenvalue weighted by molar-refractivity contribution is -0.119. The number of H-pyrrole nitrogens is 1. The molecule has 1 aliphatic heterocycles. The normalized spacial score (nSPS) is 21.8. The Balaban J connectivity index is 1.86. The van der Waals surface area contributed by atoms with Gasteiger partial charge < -0.3 is 20.5 Å². The third-order valence-corrected chi connectivity index (χ3v) is 4.13. The molecule has 0 spiro atoms. The van der Waals surface area contributed by atoms with Crippen LogP contribution in [0.25, 0.3) is 0 Å². The van der Waals surface area contributed by atoms with Gasteiger partial charge in [0.15, 0.2) is 0 Å². The van der Waals surface area contributed by atoms with Gasteiger partial charge in [0.05, 0.1) is 12.3 Å². The lowest BCUT2D eigenvalue weighted by Crippen LogP contribution is -2.37. The molecule has 11 heteroatoms. The van der Waals surface area contributed by atoms with Crippen molar-refractivity contribution >= 4 is 11.8 Å². The first-order valence-corrected chi connectivity index (χ1v) is 8.90. The van der Waals surface area contributed by atoms with Crippen LogP contribution >= 0.6 is 0 Å². The van der Waals surface area contributed by atoms with E-state index in [1.807, 2.05) is 11.9 Å². The van der Waals surface area contributed by atoms with Crippen LogP contribution in [0.15, 0.2) is 27.9 Å². The maximum atomic E-state index is 13.4. The number of aliphatic hydroxyl groups excluding tert-OH is 1. The molecule has 1 saturated heterocycles. The third kappa shape index (κ3) is 5.86. The molecule has 0 saturated carbocycles. The van der Waals surface area contributed by atoms with Crippen LogP contribution < -0.4 is 21.9 Å². The Morgan fingerprint density at radius 3 is 2.71 bits per heavy atom. The molecule has 0 radical (unpaired) electrons. The fraction of sp³-hybridized carbons (Fsp3) is 0.529. The molecule has 1 aliphatic rings. The number of aromatic nitrogens is 2. The molecule has 0 aromatic carbocycles. The molecule has 28 heavy (non-hydrogen) atoms. The van der Waals surface area contributed by atoms with Crippen molar-refractivity contribution in [2.24, 2.45) is 0 Å². The van der Waals surface area contributed by atoms with E-state index in [1.54, 1.807) is 0 Å². The van der Waals surface area contributed by atoms with Gasteiger partial charge in [-0.15, -0.1) is 0 Å². The molecule has 1 aromatic heterocycles. The highest BCUT2D eigenvalue weighted by Crippen LogP contribution is 2.27. The average molecular weight is 398 g/mol. The predicted octanol–water partition coefficient (Wildman–Crippen LogP) is -1.09. The topological polar surface area (TPSA) is 143 Å². The first-order valence-electron chi connectivity index (χ1n) is 8.90. The van der Waals surface area contributed by atoms with Crippen molar-refractivity contribution in [3.63, 3.8) is 0 Å². The number of rotatable bonds is 8. The third-order valence-electron chi connectivity index (χ3n) is 4.13. The second-order valence-electron chi connectivity index (χ2n) is 6.30. The van der Waals surface area contributed by atoms with E-state index in [-0.39, 0.29) is 18.9 Å². The minimum absolute atomic E-state index is 0.0262. The molecular formula is C17H23FN4O6. The number of carbonyl (C=O) groups is 2. The van der Waals surface area contributed by atoms with Crippen LogP contribution in [0.2, 0.25) is 0 Å². The van der Waals surface area contributed by atoms with Crippen molar-refractivity contribution in [2.45, 2.75) is 44.6 Å². The summed E-state index contributed by atoms with van der Waals surface area (Å²) in [4.78, 5) is 47.9. The molecule has 1 fully saturated rings. The number of carbonyl (C=O) groups excluding carboxylic acids is 2. The van der Waals surface area contributed by atoms with E-state index in [1.165, 1.54) is 0 Å². The summed E-state index contributed by atoms with van der Waals surface area (Å²) in [5, 5.41) is 15.1. The molecule has 4 N–H and O–H groups in total. The highest BCUT2D eigenvalue weighted by atomic mass is 19.1. The Labute approximate surface area is 159 Å². The van der Waals surface area contributed by atoms with Crippen LogP contribution in [-0.2, 0) is 14.3 Å². The van der Waals surface area contributed by atoms with Crippen molar-refractivity contribution in [1.29, 1.82) is 0 Å². The first-order chi connectivity index (χ1) is 13.3. The summed E-state index contributed by atoms with van der Waals surface area (Å²) in [6.07, 6.45) is 1.76. The fourth-order valence-electron chi connectivity index (χ4n) is 2.60. The van der Waals surface area contributed by atoms with Gasteiger partial charge in [-0.25, -0.2) is 4.79 Å². The van der Waals surface area contributed by atoms with Crippen molar-refractivity contribution in [1.82, 2.24) is 20.2 Å². The highest BCUT2D eigenvalue weighted by molar-refractivity contribution is 5.96. The Bertz CT molecular complexity index is 849. The van der Waals surface area contributed by atoms with E-state index in [4.69, 9.17) is 4.74 Å². The van der Waals surface area contributed by atoms with Gasteiger partial charge in [0.2, 0.25) is 17.6 Å². The highest BCUT2D eigenvalue weighted by Gasteiger charge is 2.35. The molecule has 1 aromatic rings. The number of unbranched alkanes of at least 4 members (excludes halogenated alkanes) is 1. The summed E-state index contributed by atoms with van der Waals surface area (Å²) in [5.41, 5.74) is -2.01. The number of amides is 2. The molecule has 154 valence electrons. The number of aliphatic hydroxyl groups is 1. The van der Waals surface area contributed by atoms with Gasteiger partial charge in [-0.05, 0) is 6.42 Å². The molecule has 2 rings (SSSR count). The Morgan fingerprint density at radius 2 is 2.04 bits per heavy atom. The summed E-state index contributed by atoms with van der Waals surface area (Å²) >= 11 is 0. The van der Waals surface area contributed by atoms with E-state index in [0.29, 0.717) is 12.7 Å². The van der Waals surface area contributed by atoms with Crippen molar-refractivity contribution in [3.05, 3.63) is 45.0 Å². The predicted molar refractivity (Wildman–Crippen MR) is 95.9 cm³/mol. The van der Waals surface area contributed by atoms with Crippen LogP contribution in [0.5, 0.6) is 0 Å². The molecular weight excluding hydrogens is 375 g/mol. The van der Waals surface area contributed by atoms with Gasteiger partial charge in [0.25, 0.3) is 5.56 Å². The Morgan fingerprint density at radius 1 is 1.36 bits per heavy atom. The number of nitrogens with one attached hydrogen (secondary N) is 3. The molecule has 3 atom stereocenters. The summed E-state index contributed by atoms with van der Waals surface area (Å²) < 4.78 is 19.7. The minimum Gasteiger partial charge on any atom is -0.390 e. The lowest BCUT2D eigenvalue weighted by atomic mass is 10.2. The van der Waals surface area contributed by atoms with Gasteiger partial charge in [0.1, 0.15) is 12.3 Å². The smallest absolute Gasteiger partial charge is 0.330 e. The van der Waals surface area contributed by atoms with E-state index >= 15 is 0 Å². The number of ether oxygens (including phenoxy) is 1. The van der Waals surface area contributed by atoms with E-state index < -0.39 is 41.4 Å². The SMILES string of the molecule is CCCCNC(=O)/C=C/C(=O)NC[C@H]1O[C@@H](n2cc(F)c(=O)[nH]c2=O)C[C@@H]1O. The molecule has 0 aliphatic carbocycles. The van der Waals surface area contributed by atoms with Crippen molar-refractivity contribution < 1.29 is 23.8 Å². The van der Waals surface area contributed by atoms with Crippen LogP contribution in [-0.4, -0.2) is 51.8 Å². The molecule has 10 nitrogen and oxygen atoms in total.